The molecule has 2 atom stereocenters. The van der Waals surface area contributed by atoms with Crippen molar-refractivity contribution in [3.8, 4) is 0 Å². The minimum absolute atomic E-state index is 0.481. The number of rotatable bonds is 5. The maximum Gasteiger partial charge on any atom is 0.0937 e. The van der Waals surface area contributed by atoms with Crippen LogP contribution in [0.5, 0.6) is 0 Å². The van der Waals surface area contributed by atoms with Gasteiger partial charge in [0.2, 0.25) is 0 Å². The lowest BCUT2D eigenvalue weighted by molar-refractivity contribution is 0.130. The molecule has 0 aliphatic carbocycles. The predicted octanol–water partition coefficient (Wildman–Crippen LogP) is 3.11. The molecule has 4 heteroatoms. The molecule has 0 spiro atoms. The normalized spacial score (nSPS) is 23.3. The summed E-state index contributed by atoms with van der Waals surface area (Å²) >= 11 is 1.76. The summed E-state index contributed by atoms with van der Waals surface area (Å²) in [6.45, 7) is 5.52. The van der Waals surface area contributed by atoms with E-state index in [2.05, 4.69) is 57.8 Å². The van der Waals surface area contributed by atoms with Gasteiger partial charge in [-0.15, -0.1) is 11.3 Å². The van der Waals surface area contributed by atoms with Crippen molar-refractivity contribution in [1.29, 1.82) is 0 Å². The van der Waals surface area contributed by atoms with E-state index in [1.54, 1.807) is 11.3 Å². The summed E-state index contributed by atoms with van der Waals surface area (Å²) in [6, 6.07) is 12.0. The average Bonchev–Trinajstić information content (AvgIpc) is 3.07. The van der Waals surface area contributed by atoms with Crippen molar-refractivity contribution >= 4 is 11.3 Å². The standard InChI is InChI=1S/C17H23N3S/c1-2-15-13-20(10-8-17-18-9-11-21-17)16(12-19-15)14-6-4-3-5-7-14/h3-7,9,11,15-16,19H,2,8,10,12-13H2,1H3. The maximum atomic E-state index is 4.41. The van der Waals surface area contributed by atoms with Gasteiger partial charge in [0.15, 0.2) is 0 Å². The van der Waals surface area contributed by atoms with Gasteiger partial charge in [0.25, 0.3) is 0 Å². The Bertz CT molecular complexity index is 526. The van der Waals surface area contributed by atoms with Crippen LogP contribution in [0.25, 0.3) is 0 Å². The Morgan fingerprint density at radius 1 is 1.33 bits per heavy atom. The van der Waals surface area contributed by atoms with Crippen LogP contribution in [-0.2, 0) is 6.42 Å². The SMILES string of the molecule is CCC1CN(CCc2nccs2)C(c2ccccc2)CN1. The molecule has 0 saturated carbocycles. The third-order valence-electron chi connectivity index (χ3n) is 4.27. The molecule has 0 bridgehead atoms. The van der Waals surface area contributed by atoms with E-state index in [-0.39, 0.29) is 0 Å². The fourth-order valence-electron chi connectivity index (χ4n) is 3.02. The highest BCUT2D eigenvalue weighted by molar-refractivity contribution is 7.09. The van der Waals surface area contributed by atoms with E-state index in [0.717, 1.165) is 26.1 Å². The van der Waals surface area contributed by atoms with Crippen LogP contribution in [-0.4, -0.2) is 35.6 Å². The zero-order chi connectivity index (χ0) is 14.5. The lowest BCUT2D eigenvalue weighted by Gasteiger charge is -2.40. The topological polar surface area (TPSA) is 28.2 Å². The summed E-state index contributed by atoms with van der Waals surface area (Å²) in [5.41, 5.74) is 1.42. The average molecular weight is 301 g/mol. The molecule has 1 fully saturated rings. The lowest BCUT2D eigenvalue weighted by Crippen LogP contribution is -2.52. The summed E-state index contributed by atoms with van der Waals surface area (Å²) in [6.07, 6.45) is 4.15. The second kappa shape index (κ2) is 7.16. The number of nitrogens with zero attached hydrogens (tertiary/aromatic N) is 2. The number of piperazine rings is 1. The van der Waals surface area contributed by atoms with E-state index in [0.29, 0.717) is 12.1 Å². The van der Waals surface area contributed by atoms with Crippen LogP contribution in [0.3, 0.4) is 0 Å². The van der Waals surface area contributed by atoms with Crippen LogP contribution in [0.15, 0.2) is 41.9 Å². The zero-order valence-electron chi connectivity index (χ0n) is 12.5. The largest absolute Gasteiger partial charge is 0.311 e. The number of benzene rings is 1. The number of hydrogen-bond donors (Lipinski definition) is 1. The highest BCUT2D eigenvalue weighted by atomic mass is 32.1. The van der Waals surface area contributed by atoms with Crippen molar-refractivity contribution in [2.75, 3.05) is 19.6 Å². The molecule has 1 aliphatic rings. The smallest absolute Gasteiger partial charge is 0.0937 e. The molecule has 1 aliphatic heterocycles. The second-order valence-electron chi connectivity index (χ2n) is 5.61. The number of nitrogens with one attached hydrogen (secondary N) is 1. The maximum absolute atomic E-state index is 4.41. The number of hydrogen-bond acceptors (Lipinski definition) is 4. The van der Waals surface area contributed by atoms with E-state index in [1.165, 1.54) is 17.0 Å². The molecule has 1 aromatic heterocycles. The minimum Gasteiger partial charge on any atom is -0.311 e. The quantitative estimate of drug-likeness (QED) is 0.920. The molecule has 2 aromatic rings. The molecule has 112 valence electrons. The molecule has 21 heavy (non-hydrogen) atoms. The first-order valence-corrected chi connectivity index (χ1v) is 8.65. The van der Waals surface area contributed by atoms with Crippen molar-refractivity contribution in [1.82, 2.24) is 15.2 Å². The van der Waals surface area contributed by atoms with E-state index in [9.17, 15) is 0 Å². The predicted molar refractivity (Wildman–Crippen MR) is 88.7 cm³/mol. The van der Waals surface area contributed by atoms with Crippen LogP contribution < -0.4 is 5.32 Å². The number of aromatic nitrogens is 1. The Morgan fingerprint density at radius 2 is 2.19 bits per heavy atom. The first-order valence-electron chi connectivity index (χ1n) is 7.77. The Labute approximate surface area is 131 Å². The molecule has 2 unspecified atom stereocenters. The van der Waals surface area contributed by atoms with Crippen molar-refractivity contribution in [3.63, 3.8) is 0 Å². The highest BCUT2D eigenvalue weighted by Crippen LogP contribution is 2.24. The van der Waals surface area contributed by atoms with Crippen LogP contribution >= 0.6 is 11.3 Å². The van der Waals surface area contributed by atoms with Crippen LogP contribution in [0.4, 0.5) is 0 Å². The lowest BCUT2D eigenvalue weighted by atomic mass is 10.00. The van der Waals surface area contributed by atoms with Crippen molar-refractivity contribution in [3.05, 3.63) is 52.5 Å². The molecule has 3 rings (SSSR count). The summed E-state index contributed by atoms with van der Waals surface area (Å²) in [4.78, 5) is 7.04. The fraction of sp³-hybridized carbons (Fsp3) is 0.471. The summed E-state index contributed by atoms with van der Waals surface area (Å²) in [5, 5.41) is 7.00. The molecule has 1 aromatic carbocycles. The molecule has 3 nitrogen and oxygen atoms in total. The summed E-state index contributed by atoms with van der Waals surface area (Å²) < 4.78 is 0. The highest BCUT2D eigenvalue weighted by Gasteiger charge is 2.27. The monoisotopic (exact) mass is 301 g/mol. The van der Waals surface area contributed by atoms with Gasteiger partial charge in [-0.3, -0.25) is 4.90 Å². The third kappa shape index (κ3) is 3.70. The van der Waals surface area contributed by atoms with Crippen LogP contribution in [0.2, 0.25) is 0 Å². The second-order valence-corrected chi connectivity index (χ2v) is 6.59. The van der Waals surface area contributed by atoms with Crippen molar-refractivity contribution < 1.29 is 0 Å². The van der Waals surface area contributed by atoms with Crippen LogP contribution in [0, 0.1) is 0 Å². The van der Waals surface area contributed by atoms with Gasteiger partial charge in [0.1, 0.15) is 0 Å². The van der Waals surface area contributed by atoms with E-state index >= 15 is 0 Å². The molecule has 2 heterocycles. The van der Waals surface area contributed by atoms with Crippen molar-refractivity contribution in [2.45, 2.75) is 31.8 Å². The van der Waals surface area contributed by atoms with Gasteiger partial charge in [-0.05, 0) is 12.0 Å². The van der Waals surface area contributed by atoms with Gasteiger partial charge in [0, 0.05) is 49.7 Å². The molecular formula is C17H23N3S. The Kier molecular flexibility index (Phi) is 5.01. The molecule has 1 saturated heterocycles. The first kappa shape index (κ1) is 14.7. The Morgan fingerprint density at radius 3 is 2.90 bits per heavy atom. The van der Waals surface area contributed by atoms with Gasteiger partial charge in [-0.2, -0.15) is 0 Å². The zero-order valence-corrected chi connectivity index (χ0v) is 13.4. The molecule has 0 radical (unpaired) electrons. The van der Waals surface area contributed by atoms with Gasteiger partial charge < -0.3 is 5.32 Å². The van der Waals surface area contributed by atoms with Crippen LogP contribution in [0.1, 0.15) is 30.0 Å². The first-order chi connectivity index (χ1) is 10.4. The van der Waals surface area contributed by atoms with Gasteiger partial charge in [-0.1, -0.05) is 37.3 Å². The van der Waals surface area contributed by atoms with Gasteiger partial charge >= 0.3 is 0 Å². The number of thiazole rings is 1. The van der Waals surface area contributed by atoms with E-state index < -0.39 is 0 Å². The molecule has 0 amide bonds. The Balaban J connectivity index is 1.70. The molecular weight excluding hydrogens is 278 g/mol. The van der Waals surface area contributed by atoms with E-state index in [1.807, 2.05) is 6.20 Å². The van der Waals surface area contributed by atoms with Gasteiger partial charge in [-0.25, -0.2) is 4.98 Å². The minimum atomic E-state index is 0.481. The fourth-order valence-corrected chi connectivity index (χ4v) is 3.63. The summed E-state index contributed by atoms with van der Waals surface area (Å²) in [5.74, 6) is 0. The van der Waals surface area contributed by atoms with Crippen molar-refractivity contribution in [2.24, 2.45) is 0 Å². The third-order valence-corrected chi connectivity index (χ3v) is 5.11. The van der Waals surface area contributed by atoms with Gasteiger partial charge in [0.05, 0.1) is 5.01 Å². The molecule has 1 N–H and O–H groups in total. The Hall–Kier alpha value is -1.23. The van der Waals surface area contributed by atoms with E-state index in [4.69, 9.17) is 0 Å². The summed E-state index contributed by atoms with van der Waals surface area (Å²) in [7, 11) is 0.